The Kier molecular flexibility index (Phi) is 8.84. The van der Waals surface area contributed by atoms with E-state index in [0.717, 1.165) is 0 Å². The number of halogens is 1. The summed E-state index contributed by atoms with van der Waals surface area (Å²) in [4.78, 5) is 56.1. The van der Waals surface area contributed by atoms with Gasteiger partial charge in [0.15, 0.2) is 5.78 Å². The molecule has 4 aromatic rings. The van der Waals surface area contributed by atoms with Crippen molar-refractivity contribution in [1.82, 2.24) is 20.2 Å². The van der Waals surface area contributed by atoms with Crippen molar-refractivity contribution >= 4 is 23.3 Å². The molecule has 0 saturated heterocycles. The van der Waals surface area contributed by atoms with Crippen LogP contribution in [0.15, 0.2) is 77.9 Å². The number of pyridine rings is 2. The summed E-state index contributed by atoms with van der Waals surface area (Å²) in [6, 6.07) is 14.8. The first-order chi connectivity index (χ1) is 19.6. The summed E-state index contributed by atoms with van der Waals surface area (Å²) >= 11 is 0. The van der Waals surface area contributed by atoms with Crippen molar-refractivity contribution in [1.29, 1.82) is 0 Å². The van der Waals surface area contributed by atoms with E-state index in [0.29, 0.717) is 33.5 Å². The molecule has 4 rings (SSSR count). The first kappa shape index (κ1) is 29.0. The monoisotopic (exact) mass is 555 g/mol. The van der Waals surface area contributed by atoms with Crippen LogP contribution in [0.5, 0.6) is 0 Å². The molecule has 1 unspecified atom stereocenters. The van der Waals surface area contributed by atoms with Gasteiger partial charge < -0.3 is 20.5 Å². The Labute approximate surface area is 236 Å². The third-order valence-corrected chi connectivity index (χ3v) is 6.84. The van der Waals surface area contributed by atoms with Crippen LogP contribution in [0.3, 0.4) is 0 Å². The third-order valence-electron chi connectivity index (χ3n) is 6.84. The molecule has 2 heterocycles. The minimum atomic E-state index is -0.535. The molecule has 2 aromatic carbocycles. The van der Waals surface area contributed by atoms with Gasteiger partial charge in [-0.1, -0.05) is 12.1 Å². The van der Waals surface area contributed by atoms with E-state index in [4.69, 9.17) is 0 Å². The smallest absolute Gasteiger partial charge is 0.275 e. The fourth-order valence-corrected chi connectivity index (χ4v) is 4.38. The van der Waals surface area contributed by atoms with Crippen molar-refractivity contribution in [3.8, 4) is 11.3 Å². The molecular weight excluding hydrogens is 525 g/mol. The summed E-state index contributed by atoms with van der Waals surface area (Å²) < 4.78 is 14.8. The van der Waals surface area contributed by atoms with E-state index < -0.39 is 17.4 Å². The topological polar surface area (TPSA) is 122 Å². The summed E-state index contributed by atoms with van der Waals surface area (Å²) in [6.45, 7) is 3.48. The Morgan fingerprint density at radius 3 is 2.39 bits per heavy atom. The van der Waals surface area contributed by atoms with E-state index in [1.165, 1.54) is 41.1 Å². The van der Waals surface area contributed by atoms with Crippen LogP contribution in [-0.4, -0.2) is 47.3 Å². The Bertz CT molecular complexity index is 1680. The van der Waals surface area contributed by atoms with E-state index in [-0.39, 0.29) is 35.4 Å². The van der Waals surface area contributed by atoms with Gasteiger partial charge in [0.2, 0.25) is 5.91 Å². The lowest BCUT2D eigenvalue weighted by atomic mass is 9.98. The highest BCUT2D eigenvalue weighted by atomic mass is 19.1. The molecule has 2 amide bonds. The third kappa shape index (κ3) is 6.28. The van der Waals surface area contributed by atoms with Gasteiger partial charge in [-0.25, -0.2) is 4.39 Å². The Morgan fingerprint density at radius 2 is 1.71 bits per heavy atom. The van der Waals surface area contributed by atoms with Gasteiger partial charge in [-0.15, -0.1) is 0 Å². The molecule has 0 spiro atoms. The Morgan fingerprint density at radius 1 is 0.976 bits per heavy atom. The second kappa shape index (κ2) is 12.5. The number of nitrogens with one attached hydrogen (secondary N) is 3. The van der Waals surface area contributed by atoms with Crippen LogP contribution in [-0.2, 0) is 11.3 Å². The van der Waals surface area contributed by atoms with Gasteiger partial charge in [0.1, 0.15) is 11.5 Å². The molecule has 1 atom stereocenters. The minimum absolute atomic E-state index is 0.0145. The first-order valence-corrected chi connectivity index (χ1v) is 12.9. The SMILES string of the molecule is CNC(=O)c1cccc(-c2ccc(NC(=O)C(C)NC)c(=O)n2Cc2cncc(C(=O)c3ccc(F)cc3)c2)c1C. The number of aromatic nitrogens is 2. The highest BCUT2D eigenvalue weighted by Gasteiger charge is 2.19. The van der Waals surface area contributed by atoms with E-state index >= 15 is 0 Å². The van der Waals surface area contributed by atoms with Crippen LogP contribution in [0.1, 0.15) is 44.3 Å². The quantitative estimate of drug-likeness (QED) is 0.272. The van der Waals surface area contributed by atoms with Gasteiger partial charge in [-0.2, -0.15) is 0 Å². The average Bonchev–Trinajstić information content (AvgIpc) is 2.98. The number of likely N-dealkylation sites (N-methyl/N-ethyl adjacent to an activating group) is 1. The van der Waals surface area contributed by atoms with Gasteiger partial charge in [0.25, 0.3) is 11.5 Å². The molecule has 0 radical (unpaired) electrons. The van der Waals surface area contributed by atoms with E-state index in [1.807, 2.05) is 0 Å². The average molecular weight is 556 g/mol. The summed E-state index contributed by atoms with van der Waals surface area (Å²) in [5, 5.41) is 8.14. The lowest BCUT2D eigenvalue weighted by Gasteiger charge is -2.19. The fraction of sp³-hybridized carbons (Fsp3) is 0.194. The largest absolute Gasteiger partial charge is 0.355 e. The number of rotatable bonds is 9. The molecule has 2 aromatic heterocycles. The normalized spacial score (nSPS) is 11.5. The number of nitrogens with zero attached hydrogens (tertiary/aromatic N) is 2. The van der Waals surface area contributed by atoms with Crippen LogP contribution in [0.4, 0.5) is 10.1 Å². The second-order valence-electron chi connectivity index (χ2n) is 9.50. The van der Waals surface area contributed by atoms with Crippen LogP contribution >= 0.6 is 0 Å². The first-order valence-electron chi connectivity index (χ1n) is 12.9. The molecule has 0 fully saturated rings. The maximum Gasteiger partial charge on any atom is 0.275 e. The summed E-state index contributed by atoms with van der Waals surface area (Å²) in [5.74, 6) is -1.44. The summed E-state index contributed by atoms with van der Waals surface area (Å²) in [6.07, 6.45) is 2.95. The molecule has 41 heavy (non-hydrogen) atoms. The number of anilines is 1. The number of ketones is 1. The zero-order chi connectivity index (χ0) is 29.7. The fourth-order valence-electron chi connectivity index (χ4n) is 4.38. The molecular formula is C31H30FN5O4. The van der Waals surface area contributed by atoms with E-state index in [1.54, 1.807) is 64.5 Å². The molecule has 0 aliphatic heterocycles. The van der Waals surface area contributed by atoms with Crippen LogP contribution in [0.2, 0.25) is 0 Å². The van der Waals surface area contributed by atoms with Crippen molar-refractivity contribution in [2.45, 2.75) is 26.4 Å². The molecule has 0 aliphatic rings. The van der Waals surface area contributed by atoms with Gasteiger partial charge in [0.05, 0.1) is 18.3 Å². The number of hydrogen-bond acceptors (Lipinski definition) is 6. The van der Waals surface area contributed by atoms with Crippen molar-refractivity contribution in [3.05, 3.63) is 117 Å². The van der Waals surface area contributed by atoms with Gasteiger partial charge in [-0.05, 0) is 80.6 Å². The summed E-state index contributed by atoms with van der Waals surface area (Å²) in [7, 11) is 3.18. The zero-order valence-electron chi connectivity index (χ0n) is 23.1. The second-order valence-corrected chi connectivity index (χ2v) is 9.50. The molecule has 3 N–H and O–H groups in total. The summed E-state index contributed by atoms with van der Waals surface area (Å²) in [5.41, 5.74) is 3.00. The van der Waals surface area contributed by atoms with Gasteiger partial charge in [-0.3, -0.25) is 24.2 Å². The predicted octanol–water partition coefficient (Wildman–Crippen LogP) is 3.54. The minimum Gasteiger partial charge on any atom is -0.355 e. The zero-order valence-corrected chi connectivity index (χ0v) is 23.1. The van der Waals surface area contributed by atoms with E-state index in [9.17, 15) is 23.6 Å². The van der Waals surface area contributed by atoms with Crippen molar-refractivity contribution in [2.24, 2.45) is 0 Å². The lowest BCUT2D eigenvalue weighted by Crippen LogP contribution is -2.37. The maximum atomic E-state index is 13.8. The van der Waals surface area contributed by atoms with Crippen molar-refractivity contribution < 1.29 is 18.8 Å². The Balaban J connectivity index is 1.82. The molecule has 10 heteroatoms. The number of carbonyl (C=O) groups excluding carboxylic acids is 3. The number of benzene rings is 2. The molecule has 0 aliphatic carbocycles. The van der Waals surface area contributed by atoms with Gasteiger partial charge in [0, 0.05) is 41.7 Å². The van der Waals surface area contributed by atoms with Crippen molar-refractivity contribution in [2.75, 3.05) is 19.4 Å². The molecule has 210 valence electrons. The van der Waals surface area contributed by atoms with Crippen LogP contribution in [0.25, 0.3) is 11.3 Å². The molecule has 0 saturated carbocycles. The molecule has 0 bridgehead atoms. The highest BCUT2D eigenvalue weighted by Crippen LogP contribution is 2.27. The highest BCUT2D eigenvalue weighted by molar-refractivity contribution is 6.08. The van der Waals surface area contributed by atoms with Crippen LogP contribution < -0.4 is 21.5 Å². The van der Waals surface area contributed by atoms with E-state index in [2.05, 4.69) is 20.9 Å². The molecule has 9 nitrogen and oxygen atoms in total. The van der Waals surface area contributed by atoms with Crippen LogP contribution in [0, 0.1) is 12.7 Å². The lowest BCUT2D eigenvalue weighted by molar-refractivity contribution is -0.117. The number of amides is 2. The van der Waals surface area contributed by atoms with Crippen molar-refractivity contribution in [3.63, 3.8) is 0 Å². The maximum absolute atomic E-state index is 13.8. The number of carbonyl (C=O) groups is 3. The number of hydrogen-bond donors (Lipinski definition) is 3. The van der Waals surface area contributed by atoms with Gasteiger partial charge >= 0.3 is 0 Å². The Hall–Kier alpha value is -4.96. The standard InChI is InChI=1S/C31H30FN5O4/c1-18-24(6-5-7-25(18)30(40)34-4)27-13-12-26(36-29(39)19(2)33-3)31(41)37(27)17-20-14-22(16-35-15-20)28(38)21-8-10-23(32)11-9-21/h5-16,19,33H,17H2,1-4H3,(H,34,40)(H,36,39). The predicted molar refractivity (Wildman–Crippen MR) is 155 cm³/mol.